The van der Waals surface area contributed by atoms with Crippen molar-refractivity contribution in [2.24, 2.45) is 0 Å². The molecule has 0 radical (unpaired) electrons. The highest BCUT2D eigenvalue weighted by molar-refractivity contribution is 6.00. The molecular formula is C13H19N3O5. The van der Waals surface area contributed by atoms with Gasteiger partial charge in [0.15, 0.2) is 5.56 Å². The summed E-state index contributed by atoms with van der Waals surface area (Å²) < 4.78 is 9.99. The summed E-state index contributed by atoms with van der Waals surface area (Å²) in [6.45, 7) is 1.94. The number of ether oxygens (including phenoxy) is 2. The van der Waals surface area contributed by atoms with Gasteiger partial charge >= 0.3 is 5.97 Å². The first kappa shape index (κ1) is 16.7. The van der Waals surface area contributed by atoms with Gasteiger partial charge in [-0.05, 0) is 6.42 Å². The lowest BCUT2D eigenvalue weighted by Crippen LogP contribution is -2.41. The molecule has 0 spiro atoms. The van der Waals surface area contributed by atoms with Crippen molar-refractivity contribution >= 4 is 11.9 Å². The van der Waals surface area contributed by atoms with E-state index >= 15 is 0 Å². The molecule has 8 heteroatoms. The Balaban J connectivity index is 2.99. The van der Waals surface area contributed by atoms with Crippen LogP contribution in [-0.4, -0.2) is 47.2 Å². The Labute approximate surface area is 122 Å². The topological polar surface area (TPSA) is 111 Å². The Morgan fingerprint density at radius 1 is 1.29 bits per heavy atom. The van der Waals surface area contributed by atoms with Gasteiger partial charge in [0.2, 0.25) is 11.8 Å². The molecule has 2 N–H and O–H groups in total. The van der Waals surface area contributed by atoms with Gasteiger partial charge in [0.05, 0.1) is 14.2 Å². The van der Waals surface area contributed by atoms with Crippen LogP contribution >= 0.6 is 0 Å². The monoisotopic (exact) mass is 297 g/mol. The molecule has 0 fully saturated rings. The minimum Gasteiger partial charge on any atom is -0.480 e. The molecule has 0 aromatic carbocycles. The van der Waals surface area contributed by atoms with Crippen molar-refractivity contribution in [3.05, 3.63) is 11.9 Å². The van der Waals surface area contributed by atoms with Crippen molar-refractivity contribution in [2.75, 3.05) is 14.2 Å². The molecule has 0 saturated carbocycles. The number of rotatable bonds is 8. The van der Waals surface area contributed by atoms with Crippen LogP contribution < -0.4 is 14.8 Å². The summed E-state index contributed by atoms with van der Waals surface area (Å²) >= 11 is 0. The molecule has 0 unspecified atom stereocenters. The van der Waals surface area contributed by atoms with Crippen LogP contribution in [0.15, 0.2) is 6.33 Å². The third-order valence-electron chi connectivity index (χ3n) is 2.84. The Bertz CT molecular complexity index is 484. The summed E-state index contributed by atoms with van der Waals surface area (Å²) in [5.41, 5.74) is -0.0229. The third-order valence-corrected chi connectivity index (χ3v) is 2.84. The lowest BCUT2D eigenvalue weighted by molar-refractivity contribution is -0.139. The minimum atomic E-state index is -1.09. The molecule has 0 aliphatic carbocycles. The normalized spacial score (nSPS) is 11.6. The summed E-state index contributed by atoms with van der Waals surface area (Å²) in [5, 5.41) is 11.6. The number of carbonyl (C=O) groups excluding carboxylic acids is 1. The van der Waals surface area contributed by atoms with Crippen molar-refractivity contribution in [3.8, 4) is 11.8 Å². The minimum absolute atomic E-state index is 0.0229. The molecule has 116 valence electrons. The lowest BCUT2D eigenvalue weighted by Gasteiger charge is -2.16. The molecule has 21 heavy (non-hydrogen) atoms. The first-order valence-corrected chi connectivity index (χ1v) is 6.51. The number of aliphatic carboxylic acids is 1. The molecule has 1 amide bonds. The van der Waals surface area contributed by atoms with E-state index in [1.54, 1.807) is 0 Å². The van der Waals surface area contributed by atoms with Crippen molar-refractivity contribution in [2.45, 2.75) is 32.2 Å². The predicted molar refractivity (Wildman–Crippen MR) is 73.6 cm³/mol. The van der Waals surface area contributed by atoms with Crippen LogP contribution in [0.3, 0.4) is 0 Å². The number of methoxy groups -OCH3 is 2. The van der Waals surface area contributed by atoms with Crippen LogP contribution in [0, 0.1) is 0 Å². The molecule has 8 nitrogen and oxygen atoms in total. The van der Waals surface area contributed by atoms with E-state index in [0.717, 1.165) is 6.42 Å². The van der Waals surface area contributed by atoms with E-state index in [0.29, 0.717) is 12.8 Å². The molecule has 0 saturated heterocycles. The molecule has 1 aromatic heterocycles. The van der Waals surface area contributed by atoms with Crippen LogP contribution in [0.5, 0.6) is 11.8 Å². The molecule has 1 atom stereocenters. The van der Waals surface area contributed by atoms with Crippen LogP contribution in [0.4, 0.5) is 0 Å². The molecule has 1 rings (SSSR count). The standard InChI is InChI=1S/C13H19N3O5/c1-4-5-6-8(13(18)19)16-10(17)9-11(20-2)14-7-15-12(9)21-3/h7-8H,4-6H2,1-3H3,(H,16,17)(H,18,19)/t8-/m0/s1. The summed E-state index contributed by atoms with van der Waals surface area (Å²) in [4.78, 5) is 31.1. The van der Waals surface area contributed by atoms with E-state index in [1.807, 2.05) is 6.92 Å². The van der Waals surface area contributed by atoms with Gasteiger partial charge in [-0.3, -0.25) is 4.79 Å². The third kappa shape index (κ3) is 4.30. The molecule has 0 aliphatic rings. The maximum Gasteiger partial charge on any atom is 0.326 e. The zero-order chi connectivity index (χ0) is 15.8. The number of aromatic nitrogens is 2. The predicted octanol–water partition coefficient (Wildman–Crippen LogP) is 0.867. The van der Waals surface area contributed by atoms with Crippen LogP contribution in [0.25, 0.3) is 0 Å². The maximum absolute atomic E-state index is 12.3. The number of carboxylic acids is 1. The Kier molecular flexibility index (Phi) is 6.38. The van der Waals surface area contributed by atoms with Gasteiger partial charge in [-0.1, -0.05) is 19.8 Å². The molecule has 1 heterocycles. The van der Waals surface area contributed by atoms with E-state index < -0.39 is 17.9 Å². The second-order valence-electron chi connectivity index (χ2n) is 4.27. The Hall–Kier alpha value is -2.38. The number of unbranched alkanes of at least 4 members (excludes halogenated alkanes) is 1. The number of nitrogens with zero attached hydrogens (tertiary/aromatic N) is 2. The van der Waals surface area contributed by atoms with E-state index in [4.69, 9.17) is 14.6 Å². The van der Waals surface area contributed by atoms with Gasteiger partial charge in [0, 0.05) is 0 Å². The van der Waals surface area contributed by atoms with Gasteiger partial charge < -0.3 is 19.9 Å². The molecule has 0 bridgehead atoms. The number of nitrogens with one attached hydrogen (secondary N) is 1. The lowest BCUT2D eigenvalue weighted by atomic mass is 10.1. The SMILES string of the molecule is CCCC[C@H](NC(=O)c1c(OC)ncnc1OC)C(=O)O. The maximum atomic E-state index is 12.3. The van der Waals surface area contributed by atoms with Gasteiger partial charge in [0.25, 0.3) is 5.91 Å². The number of hydrogen-bond donors (Lipinski definition) is 2. The average Bonchev–Trinajstić information content (AvgIpc) is 2.49. The fourth-order valence-electron chi connectivity index (χ4n) is 1.75. The number of carbonyl (C=O) groups is 2. The van der Waals surface area contributed by atoms with E-state index in [9.17, 15) is 9.59 Å². The van der Waals surface area contributed by atoms with Crippen molar-refractivity contribution in [1.82, 2.24) is 15.3 Å². The second-order valence-corrected chi connectivity index (χ2v) is 4.27. The number of amides is 1. The average molecular weight is 297 g/mol. The van der Waals surface area contributed by atoms with E-state index in [1.165, 1.54) is 20.5 Å². The van der Waals surface area contributed by atoms with Crippen LogP contribution in [0.1, 0.15) is 36.5 Å². The molecular weight excluding hydrogens is 278 g/mol. The van der Waals surface area contributed by atoms with Gasteiger partial charge in [-0.2, -0.15) is 0 Å². The smallest absolute Gasteiger partial charge is 0.326 e. The van der Waals surface area contributed by atoms with Crippen LogP contribution in [0.2, 0.25) is 0 Å². The highest BCUT2D eigenvalue weighted by Gasteiger charge is 2.26. The summed E-state index contributed by atoms with van der Waals surface area (Å²) in [7, 11) is 2.70. The van der Waals surface area contributed by atoms with Crippen molar-refractivity contribution < 1.29 is 24.2 Å². The summed E-state index contributed by atoms with van der Waals surface area (Å²) in [6.07, 6.45) is 3.06. The van der Waals surface area contributed by atoms with Gasteiger partial charge in [-0.25, -0.2) is 14.8 Å². The van der Waals surface area contributed by atoms with Gasteiger partial charge in [0.1, 0.15) is 12.4 Å². The zero-order valence-electron chi connectivity index (χ0n) is 12.3. The van der Waals surface area contributed by atoms with Gasteiger partial charge in [-0.15, -0.1) is 0 Å². The number of hydrogen-bond acceptors (Lipinski definition) is 6. The largest absolute Gasteiger partial charge is 0.480 e. The highest BCUT2D eigenvalue weighted by atomic mass is 16.5. The van der Waals surface area contributed by atoms with E-state index in [2.05, 4.69) is 15.3 Å². The summed E-state index contributed by atoms with van der Waals surface area (Å²) in [5.74, 6) is -1.68. The zero-order valence-corrected chi connectivity index (χ0v) is 12.3. The highest BCUT2D eigenvalue weighted by Crippen LogP contribution is 2.23. The first-order chi connectivity index (χ1) is 10.0. The van der Waals surface area contributed by atoms with E-state index in [-0.39, 0.29) is 17.3 Å². The fourth-order valence-corrected chi connectivity index (χ4v) is 1.75. The quantitative estimate of drug-likeness (QED) is 0.732. The molecule has 1 aromatic rings. The van der Waals surface area contributed by atoms with Crippen LogP contribution in [-0.2, 0) is 4.79 Å². The number of carboxylic acid groups (broad SMARTS) is 1. The Morgan fingerprint density at radius 2 is 1.86 bits per heavy atom. The Morgan fingerprint density at radius 3 is 2.29 bits per heavy atom. The van der Waals surface area contributed by atoms with Crippen molar-refractivity contribution in [3.63, 3.8) is 0 Å². The first-order valence-electron chi connectivity index (χ1n) is 6.51. The fraction of sp³-hybridized carbons (Fsp3) is 0.538. The second kappa shape index (κ2) is 8.03. The summed E-state index contributed by atoms with van der Waals surface area (Å²) in [6, 6.07) is -0.980. The molecule has 0 aliphatic heterocycles. The van der Waals surface area contributed by atoms with Crippen molar-refractivity contribution in [1.29, 1.82) is 0 Å².